The molecule has 2 heterocycles. The minimum atomic E-state index is -4.79. The zero-order chi connectivity index (χ0) is 25.3. The lowest BCUT2D eigenvalue weighted by atomic mass is 9.98. The quantitative estimate of drug-likeness (QED) is 0.227. The lowest BCUT2D eigenvalue weighted by Gasteiger charge is -2.34. The number of aromatic nitrogens is 1. The first-order valence-corrected chi connectivity index (χ1v) is 11.9. The van der Waals surface area contributed by atoms with E-state index in [-0.39, 0.29) is 18.1 Å². The summed E-state index contributed by atoms with van der Waals surface area (Å²) < 4.78 is 41.1. The van der Waals surface area contributed by atoms with E-state index >= 15 is 0 Å². The topological polar surface area (TPSA) is 91.2 Å². The molecule has 2 N–H and O–H groups in total. The van der Waals surface area contributed by atoms with Gasteiger partial charge < -0.3 is 20.3 Å². The molecular weight excluding hydrogens is 481 g/mol. The molecule has 1 aliphatic heterocycles. The largest absolute Gasteiger partial charge is 0.573 e. The first-order valence-electron chi connectivity index (χ1n) is 10.9. The van der Waals surface area contributed by atoms with Gasteiger partial charge in [0.2, 0.25) is 5.91 Å². The van der Waals surface area contributed by atoms with Crippen molar-refractivity contribution in [2.45, 2.75) is 25.6 Å². The fourth-order valence-electron chi connectivity index (χ4n) is 3.73. The Hall–Kier alpha value is -3.12. The molecule has 0 saturated carbocycles. The summed E-state index contributed by atoms with van der Waals surface area (Å²) in [5, 5.41) is 14.6. The molecule has 188 valence electrons. The zero-order valence-electron chi connectivity index (χ0n) is 19.2. The molecule has 3 rings (SSSR count). The highest BCUT2D eigenvalue weighted by Crippen LogP contribution is 2.28. The number of ether oxygens (including phenoxy) is 1. The summed E-state index contributed by atoms with van der Waals surface area (Å²) in [5.41, 5.74) is 1.32. The van der Waals surface area contributed by atoms with Crippen molar-refractivity contribution in [2.24, 2.45) is 16.1 Å². The molecule has 1 unspecified atom stereocenters. The van der Waals surface area contributed by atoms with E-state index in [1.165, 1.54) is 18.2 Å². The van der Waals surface area contributed by atoms with Crippen LogP contribution in [0.4, 0.5) is 24.7 Å². The van der Waals surface area contributed by atoms with Crippen LogP contribution in [0.15, 0.2) is 52.8 Å². The molecule has 35 heavy (non-hydrogen) atoms. The molecule has 2 aromatic rings. The number of halogens is 3. The minimum Gasteiger partial charge on any atom is -0.406 e. The first-order chi connectivity index (χ1) is 16.8. The maximum Gasteiger partial charge on any atom is 0.573 e. The van der Waals surface area contributed by atoms with Crippen molar-refractivity contribution in [2.75, 3.05) is 36.2 Å². The van der Waals surface area contributed by atoms with Gasteiger partial charge in [-0.05, 0) is 49.7 Å². The average molecular weight is 509 g/mol. The van der Waals surface area contributed by atoms with Crippen molar-refractivity contribution in [3.8, 4) is 5.75 Å². The van der Waals surface area contributed by atoms with E-state index < -0.39 is 12.3 Å². The monoisotopic (exact) mass is 508 g/mol. The number of hydrogen-bond acceptors (Lipinski definition) is 8. The Morgan fingerprint density at radius 3 is 2.86 bits per heavy atom. The number of pyridine rings is 1. The van der Waals surface area contributed by atoms with Gasteiger partial charge in [-0.25, -0.2) is 4.98 Å². The van der Waals surface area contributed by atoms with Crippen LogP contribution in [0.3, 0.4) is 0 Å². The predicted molar refractivity (Wildman–Crippen MR) is 133 cm³/mol. The predicted octanol–water partition coefficient (Wildman–Crippen LogP) is 4.30. The van der Waals surface area contributed by atoms with Crippen LogP contribution < -0.4 is 20.3 Å². The lowest BCUT2D eigenvalue weighted by Crippen LogP contribution is -2.38. The summed E-state index contributed by atoms with van der Waals surface area (Å²) in [7, 11) is 1.88. The Morgan fingerprint density at radius 1 is 1.34 bits per heavy atom. The highest BCUT2D eigenvalue weighted by Gasteiger charge is 2.31. The Bertz CT molecular complexity index is 1030. The zero-order valence-corrected chi connectivity index (χ0v) is 20.0. The van der Waals surface area contributed by atoms with Crippen molar-refractivity contribution in [1.82, 2.24) is 10.3 Å². The number of piperidine rings is 1. The van der Waals surface area contributed by atoms with Gasteiger partial charge in [0.05, 0.1) is 18.3 Å². The van der Waals surface area contributed by atoms with Crippen molar-refractivity contribution in [3.05, 3.63) is 48.2 Å². The Kier molecular flexibility index (Phi) is 9.49. The summed E-state index contributed by atoms with van der Waals surface area (Å²) in [4.78, 5) is 18.9. The molecule has 1 aromatic carbocycles. The van der Waals surface area contributed by atoms with Gasteiger partial charge in [-0.15, -0.1) is 18.3 Å². The van der Waals surface area contributed by atoms with Gasteiger partial charge >= 0.3 is 6.36 Å². The van der Waals surface area contributed by atoms with Crippen LogP contribution in [0, 0.1) is 5.92 Å². The Balaban J connectivity index is 1.58. The molecule has 0 bridgehead atoms. The molecule has 8 nitrogen and oxygen atoms in total. The van der Waals surface area contributed by atoms with Crippen LogP contribution in [-0.2, 0) is 11.2 Å². The molecule has 1 fully saturated rings. The Labute approximate surface area is 206 Å². The summed E-state index contributed by atoms with van der Waals surface area (Å²) in [6.07, 6.45) is -1.20. The van der Waals surface area contributed by atoms with Gasteiger partial charge in [0, 0.05) is 31.6 Å². The number of nitrogens with zero attached hydrogens (tertiary/aromatic N) is 4. The fraction of sp³-hybridized carbons (Fsp3) is 0.391. The normalized spacial score (nSPS) is 16.6. The number of amides is 1. The van der Waals surface area contributed by atoms with E-state index in [9.17, 15) is 18.0 Å². The fourth-order valence-corrected chi connectivity index (χ4v) is 4.57. The molecule has 1 aromatic heterocycles. The van der Waals surface area contributed by atoms with Gasteiger partial charge in [-0.1, -0.05) is 23.9 Å². The van der Waals surface area contributed by atoms with Gasteiger partial charge in [0.1, 0.15) is 16.6 Å². The van der Waals surface area contributed by atoms with Crippen LogP contribution in [-0.4, -0.2) is 55.0 Å². The van der Waals surface area contributed by atoms with E-state index in [2.05, 4.69) is 42.2 Å². The number of thioether (sulfide) groups is 1. The van der Waals surface area contributed by atoms with Gasteiger partial charge in [-0.3, -0.25) is 4.79 Å². The SMILES string of the molecule is C=N/N=C(\SCNC)C1CCCN(c2ccc(NC(=O)Cc3cccc(OC(F)(F)F)c3)nc2)C1. The molecule has 0 spiro atoms. The van der Waals surface area contributed by atoms with E-state index in [4.69, 9.17) is 0 Å². The van der Waals surface area contributed by atoms with Crippen LogP contribution in [0.5, 0.6) is 5.75 Å². The molecule has 1 aliphatic rings. The average Bonchev–Trinajstić information content (AvgIpc) is 2.81. The van der Waals surface area contributed by atoms with Crippen LogP contribution in [0.1, 0.15) is 18.4 Å². The minimum absolute atomic E-state index is 0.115. The third kappa shape index (κ3) is 8.55. The number of carbonyl (C=O) groups is 1. The number of carbonyl (C=O) groups excluding carboxylic acids is 1. The highest BCUT2D eigenvalue weighted by atomic mass is 32.2. The third-order valence-electron chi connectivity index (χ3n) is 5.18. The number of anilines is 2. The van der Waals surface area contributed by atoms with E-state index in [1.54, 1.807) is 30.1 Å². The van der Waals surface area contributed by atoms with Crippen LogP contribution in [0.2, 0.25) is 0 Å². The van der Waals surface area contributed by atoms with Crippen LogP contribution in [0.25, 0.3) is 0 Å². The molecule has 0 aliphatic carbocycles. The smallest absolute Gasteiger partial charge is 0.406 e. The van der Waals surface area contributed by atoms with E-state index in [0.29, 0.717) is 11.4 Å². The molecule has 12 heteroatoms. The molecule has 0 radical (unpaired) electrons. The summed E-state index contributed by atoms with van der Waals surface area (Å²) >= 11 is 1.62. The van der Waals surface area contributed by atoms with Crippen molar-refractivity contribution < 1.29 is 22.7 Å². The Morgan fingerprint density at radius 2 is 2.17 bits per heavy atom. The number of benzene rings is 1. The number of nitrogens with one attached hydrogen (secondary N) is 2. The summed E-state index contributed by atoms with van der Waals surface area (Å²) in [6, 6.07) is 8.91. The second-order valence-corrected chi connectivity index (χ2v) is 8.82. The summed E-state index contributed by atoms with van der Waals surface area (Å²) in [6.45, 7) is 5.13. The van der Waals surface area contributed by atoms with Crippen molar-refractivity contribution in [3.63, 3.8) is 0 Å². The number of hydrogen-bond donors (Lipinski definition) is 2. The van der Waals surface area contributed by atoms with Gasteiger partial charge in [0.25, 0.3) is 0 Å². The molecule has 1 atom stereocenters. The molecule has 1 amide bonds. The maximum atomic E-state index is 12.4. The van der Waals surface area contributed by atoms with Crippen molar-refractivity contribution in [1.29, 1.82) is 0 Å². The standard InChI is InChI=1S/C23H27F3N6O2S/c1-27-15-35-22(31-28-2)17-6-4-10-32(14-17)18-8-9-20(29-13-18)30-21(33)12-16-5-3-7-19(11-16)34-23(24,25)26/h3,5,7-9,11,13,17,27H,2,4,6,10,12,14-15H2,1H3,(H,29,30,33)/b31-22-. The van der Waals surface area contributed by atoms with E-state index in [0.717, 1.165) is 42.5 Å². The second kappa shape index (κ2) is 12.5. The molecular formula is C23H27F3N6O2S. The third-order valence-corrected chi connectivity index (χ3v) is 6.33. The van der Waals surface area contributed by atoms with Gasteiger partial charge in [-0.2, -0.15) is 5.10 Å². The first kappa shape index (κ1) is 26.5. The molecule has 1 saturated heterocycles. The maximum absolute atomic E-state index is 12.4. The number of alkyl halides is 3. The number of rotatable bonds is 9. The van der Waals surface area contributed by atoms with Crippen molar-refractivity contribution >= 4 is 40.9 Å². The highest BCUT2D eigenvalue weighted by molar-refractivity contribution is 8.13. The second-order valence-electron chi connectivity index (χ2n) is 7.83. The van der Waals surface area contributed by atoms with Crippen LogP contribution >= 0.6 is 11.8 Å². The lowest BCUT2D eigenvalue weighted by molar-refractivity contribution is -0.274. The summed E-state index contributed by atoms with van der Waals surface area (Å²) in [5.74, 6) is 0.570. The van der Waals surface area contributed by atoms with Gasteiger partial charge in [0.15, 0.2) is 0 Å². The van der Waals surface area contributed by atoms with E-state index in [1.807, 2.05) is 13.1 Å².